The Morgan fingerprint density at radius 2 is 1.92 bits per heavy atom. The minimum Gasteiger partial charge on any atom is -0.335 e. The molecule has 4 heterocycles. The number of rotatable bonds is 7. The highest BCUT2D eigenvalue weighted by Crippen LogP contribution is 2.38. The molecule has 0 aromatic carbocycles. The van der Waals surface area contributed by atoms with Gasteiger partial charge in [0.25, 0.3) is 0 Å². The van der Waals surface area contributed by atoms with Crippen molar-refractivity contribution in [3.8, 4) is 10.4 Å². The highest BCUT2D eigenvalue weighted by molar-refractivity contribution is 7.15. The molecule has 6 nitrogen and oxygen atoms in total. The van der Waals surface area contributed by atoms with Crippen molar-refractivity contribution < 1.29 is 4.79 Å². The third kappa shape index (κ3) is 5.58. The topological polar surface area (TPSA) is 51.7 Å². The number of allylic oxidation sites excluding steroid dienone is 2. The van der Waals surface area contributed by atoms with Crippen molar-refractivity contribution in [1.29, 1.82) is 0 Å². The number of nitrogens with one attached hydrogen (secondary N) is 1. The average molecular weight is 506 g/mol. The summed E-state index contributed by atoms with van der Waals surface area (Å²) in [7, 11) is 2.20. The van der Waals surface area contributed by atoms with E-state index < -0.39 is 0 Å². The molecule has 5 rings (SSSR count). The molecule has 0 unspecified atom stereocenters. The first-order valence-corrected chi connectivity index (χ1v) is 14.3. The first kappa shape index (κ1) is 25.2. The van der Waals surface area contributed by atoms with Crippen LogP contribution in [-0.4, -0.2) is 78.1 Å². The van der Waals surface area contributed by atoms with Crippen molar-refractivity contribution in [2.24, 2.45) is 0 Å². The molecule has 3 aliphatic rings. The van der Waals surface area contributed by atoms with Crippen LogP contribution in [0.1, 0.15) is 49.2 Å². The number of hydrogen-bond donors (Lipinski definition) is 1. The molecule has 0 bridgehead atoms. The first-order chi connectivity index (χ1) is 17.5. The number of nitrogens with zero attached hydrogens (tertiary/aromatic N) is 4. The number of pyridine rings is 1. The van der Waals surface area contributed by atoms with Crippen LogP contribution in [0.15, 0.2) is 42.1 Å². The summed E-state index contributed by atoms with van der Waals surface area (Å²) in [6, 6.07) is 7.20. The van der Waals surface area contributed by atoms with Crippen LogP contribution in [0.3, 0.4) is 0 Å². The maximum Gasteiger partial charge on any atom is 0.317 e. The lowest BCUT2D eigenvalue weighted by molar-refractivity contribution is 0.149. The number of thiophene rings is 1. The molecule has 0 atom stereocenters. The van der Waals surface area contributed by atoms with Crippen LogP contribution in [0.25, 0.3) is 16.0 Å². The second kappa shape index (κ2) is 11.3. The van der Waals surface area contributed by atoms with Crippen LogP contribution in [0.2, 0.25) is 0 Å². The first-order valence-electron chi connectivity index (χ1n) is 13.5. The number of piperazine rings is 1. The van der Waals surface area contributed by atoms with Gasteiger partial charge in [-0.1, -0.05) is 26.0 Å². The third-order valence-electron chi connectivity index (χ3n) is 7.84. The third-order valence-corrected chi connectivity index (χ3v) is 8.96. The second-order valence-corrected chi connectivity index (χ2v) is 11.4. The highest BCUT2D eigenvalue weighted by Gasteiger charge is 2.25. The van der Waals surface area contributed by atoms with Gasteiger partial charge < -0.3 is 15.1 Å². The van der Waals surface area contributed by atoms with Crippen LogP contribution in [0, 0.1) is 0 Å². The van der Waals surface area contributed by atoms with Gasteiger partial charge in [-0.2, -0.15) is 0 Å². The van der Waals surface area contributed by atoms with E-state index in [-0.39, 0.29) is 12.1 Å². The Bertz CT molecular complexity index is 1140. The Labute approximate surface area is 219 Å². The second-order valence-electron chi connectivity index (χ2n) is 10.3. The summed E-state index contributed by atoms with van der Waals surface area (Å²) >= 11 is 1.89. The smallest absolute Gasteiger partial charge is 0.317 e. The van der Waals surface area contributed by atoms with Gasteiger partial charge >= 0.3 is 6.03 Å². The number of carbonyl (C=O) groups is 1. The molecule has 1 N–H and O–H groups in total. The fourth-order valence-electron chi connectivity index (χ4n) is 5.34. The number of amides is 2. The molecule has 0 saturated carbocycles. The van der Waals surface area contributed by atoms with Crippen LogP contribution in [-0.2, 0) is 13.0 Å². The van der Waals surface area contributed by atoms with E-state index in [2.05, 4.69) is 66.4 Å². The van der Waals surface area contributed by atoms with Gasteiger partial charge in [-0.3, -0.25) is 9.88 Å². The molecular formula is C29H39N5OS. The van der Waals surface area contributed by atoms with Gasteiger partial charge in [0.05, 0.1) is 5.69 Å². The van der Waals surface area contributed by atoms with Gasteiger partial charge in [0, 0.05) is 85.4 Å². The molecule has 2 amide bonds. The van der Waals surface area contributed by atoms with E-state index in [1.54, 1.807) is 0 Å². The molecule has 2 aromatic rings. The van der Waals surface area contributed by atoms with E-state index >= 15 is 0 Å². The van der Waals surface area contributed by atoms with Crippen molar-refractivity contribution in [1.82, 2.24) is 25.0 Å². The number of hydrogen-bond acceptors (Lipinski definition) is 5. The van der Waals surface area contributed by atoms with Gasteiger partial charge in [0.2, 0.25) is 0 Å². The lowest BCUT2D eigenvalue weighted by Gasteiger charge is -2.31. The molecule has 7 heteroatoms. The van der Waals surface area contributed by atoms with E-state index in [0.29, 0.717) is 6.54 Å². The Morgan fingerprint density at radius 3 is 2.64 bits per heavy atom. The fourth-order valence-corrected chi connectivity index (χ4v) is 6.37. The van der Waals surface area contributed by atoms with Gasteiger partial charge in [0.1, 0.15) is 0 Å². The quantitative estimate of drug-likeness (QED) is 0.574. The standard InChI is InChI=1S/C29H39N5OS/c1-4-23(5-2)31-29(35)34-12-10-21(11-13-34)25-7-8-27-26(25)18-22(19-30-27)28-9-6-24(36-28)20-33-16-14-32(3)15-17-33/h6-7,9-10,18-19,23H,4-5,8,11-17,20H2,1-3H3,(H,31,35). The predicted molar refractivity (Wildman–Crippen MR) is 149 cm³/mol. The number of fused-ring (bicyclic) bond motifs is 1. The van der Waals surface area contributed by atoms with E-state index in [9.17, 15) is 4.79 Å². The summed E-state index contributed by atoms with van der Waals surface area (Å²) in [6.07, 6.45) is 10.3. The van der Waals surface area contributed by atoms with Gasteiger partial charge in [-0.05, 0) is 55.7 Å². The van der Waals surface area contributed by atoms with E-state index in [0.717, 1.165) is 70.6 Å². The molecule has 2 aliphatic heterocycles. The maximum atomic E-state index is 12.7. The highest BCUT2D eigenvalue weighted by atomic mass is 32.1. The molecule has 1 saturated heterocycles. The molecule has 0 radical (unpaired) electrons. The molecule has 192 valence electrons. The molecule has 2 aromatic heterocycles. The fraction of sp³-hybridized carbons (Fsp3) is 0.517. The van der Waals surface area contributed by atoms with Crippen molar-refractivity contribution in [3.63, 3.8) is 0 Å². The number of likely N-dealkylation sites (N-methyl/N-ethyl adjacent to an activating group) is 1. The zero-order valence-corrected chi connectivity index (χ0v) is 22.7. The van der Waals surface area contributed by atoms with E-state index in [1.165, 1.54) is 32.0 Å². The normalized spacial score (nSPS) is 18.8. The summed E-state index contributed by atoms with van der Waals surface area (Å²) in [6.45, 7) is 11.3. The van der Waals surface area contributed by atoms with Crippen molar-refractivity contribution >= 4 is 22.9 Å². The van der Waals surface area contributed by atoms with Crippen molar-refractivity contribution in [2.75, 3.05) is 46.3 Å². The van der Waals surface area contributed by atoms with Crippen molar-refractivity contribution in [3.05, 3.63) is 58.3 Å². The lowest BCUT2D eigenvalue weighted by Crippen LogP contribution is -2.46. The van der Waals surface area contributed by atoms with Gasteiger partial charge in [0.15, 0.2) is 0 Å². The SMILES string of the molecule is CCC(CC)NC(=O)N1CC=C(C2=CCc3ncc(-c4ccc(CN5CCN(C)CC5)s4)cc32)CC1. The summed E-state index contributed by atoms with van der Waals surface area (Å²) < 4.78 is 0. The van der Waals surface area contributed by atoms with Gasteiger partial charge in [-0.25, -0.2) is 4.79 Å². The van der Waals surface area contributed by atoms with Crippen molar-refractivity contribution in [2.45, 2.75) is 52.1 Å². The minimum absolute atomic E-state index is 0.0637. The number of aromatic nitrogens is 1. The van der Waals surface area contributed by atoms with E-state index in [1.807, 2.05) is 22.4 Å². The summed E-state index contributed by atoms with van der Waals surface area (Å²) in [5, 5.41) is 3.17. The molecular weight excluding hydrogens is 466 g/mol. The van der Waals surface area contributed by atoms with Crippen LogP contribution >= 0.6 is 11.3 Å². The molecule has 36 heavy (non-hydrogen) atoms. The van der Waals surface area contributed by atoms with Gasteiger partial charge in [-0.15, -0.1) is 11.3 Å². The summed E-state index contributed by atoms with van der Waals surface area (Å²) in [4.78, 5) is 27.1. The minimum atomic E-state index is 0.0637. The lowest BCUT2D eigenvalue weighted by atomic mass is 9.95. The van der Waals surface area contributed by atoms with Crippen LogP contribution in [0.5, 0.6) is 0 Å². The van der Waals surface area contributed by atoms with Crippen LogP contribution in [0.4, 0.5) is 4.79 Å². The maximum absolute atomic E-state index is 12.7. The Kier molecular flexibility index (Phi) is 7.89. The largest absolute Gasteiger partial charge is 0.335 e. The Balaban J connectivity index is 1.25. The van der Waals surface area contributed by atoms with E-state index in [4.69, 9.17) is 4.98 Å². The molecule has 1 aliphatic carbocycles. The van der Waals surface area contributed by atoms with Crippen LogP contribution < -0.4 is 5.32 Å². The predicted octanol–water partition coefficient (Wildman–Crippen LogP) is 5.03. The summed E-state index contributed by atoms with van der Waals surface area (Å²) in [5.41, 5.74) is 6.30. The number of carbonyl (C=O) groups excluding carboxylic acids is 1. The number of urea groups is 1. The zero-order chi connectivity index (χ0) is 25.1. The molecule has 1 fully saturated rings. The zero-order valence-electron chi connectivity index (χ0n) is 21.9. The Hall–Kier alpha value is -2.48. The average Bonchev–Trinajstić information content (AvgIpc) is 3.55. The monoisotopic (exact) mass is 505 g/mol. The molecule has 0 spiro atoms. The summed E-state index contributed by atoms with van der Waals surface area (Å²) in [5.74, 6) is 0. The Morgan fingerprint density at radius 1 is 1.11 bits per heavy atom.